The minimum atomic E-state index is 0.484. The summed E-state index contributed by atoms with van der Waals surface area (Å²) in [6.07, 6.45) is 0.902. The van der Waals surface area contributed by atoms with Crippen LogP contribution in [-0.2, 0) is 6.42 Å². The standard InChI is InChI=1S/C20H38N8S/c1-5-18-23-20(29-24-18)28-14-12-27(13-15-28)19(21-6-2)22-16-17(4)26-10-8-25(7-3)9-11-26/h17H,5-16H2,1-4H3,(H,21,22). The third kappa shape index (κ3) is 6.02. The Morgan fingerprint density at radius 1 is 1.07 bits per heavy atom. The fourth-order valence-electron chi connectivity index (χ4n) is 3.91. The predicted molar refractivity (Wildman–Crippen MR) is 122 cm³/mol. The van der Waals surface area contributed by atoms with Crippen molar-refractivity contribution in [1.82, 2.24) is 29.4 Å². The highest BCUT2D eigenvalue weighted by molar-refractivity contribution is 7.09. The highest BCUT2D eigenvalue weighted by Crippen LogP contribution is 2.19. The minimum Gasteiger partial charge on any atom is -0.357 e. The van der Waals surface area contributed by atoms with Crippen LogP contribution in [0.25, 0.3) is 0 Å². The van der Waals surface area contributed by atoms with Gasteiger partial charge in [0.1, 0.15) is 5.82 Å². The number of hydrogen-bond acceptors (Lipinski definition) is 7. The number of aryl methyl sites for hydroxylation is 1. The Labute approximate surface area is 180 Å². The fraction of sp³-hybridized carbons (Fsp3) is 0.850. The molecular formula is C20H38N8S. The molecule has 2 fully saturated rings. The second-order valence-corrected chi connectivity index (χ2v) is 8.57. The summed E-state index contributed by atoms with van der Waals surface area (Å²) >= 11 is 1.52. The van der Waals surface area contributed by atoms with E-state index in [0.717, 1.165) is 82.2 Å². The Balaban J connectivity index is 1.51. The van der Waals surface area contributed by atoms with Gasteiger partial charge in [-0.1, -0.05) is 13.8 Å². The van der Waals surface area contributed by atoms with E-state index in [9.17, 15) is 0 Å². The number of nitrogens with zero attached hydrogens (tertiary/aromatic N) is 7. The largest absolute Gasteiger partial charge is 0.357 e. The van der Waals surface area contributed by atoms with E-state index in [0.29, 0.717) is 6.04 Å². The quantitative estimate of drug-likeness (QED) is 0.523. The van der Waals surface area contributed by atoms with Crippen LogP contribution in [0.3, 0.4) is 0 Å². The van der Waals surface area contributed by atoms with Crippen molar-refractivity contribution in [2.75, 3.05) is 76.9 Å². The molecule has 3 heterocycles. The first-order valence-corrected chi connectivity index (χ1v) is 12.0. The van der Waals surface area contributed by atoms with Crippen LogP contribution in [0, 0.1) is 0 Å². The summed E-state index contributed by atoms with van der Waals surface area (Å²) in [6.45, 7) is 20.3. The maximum atomic E-state index is 5.00. The van der Waals surface area contributed by atoms with Gasteiger partial charge in [0, 0.05) is 82.9 Å². The number of rotatable bonds is 7. The number of anilines is 1. The number of nitrogens with one attached hydrogen (secondary N) is 1. The van der Waals surface area contributed by atoms with Gasteiger partial charge < -0.3 is 20.0 Å². The first-order valence-electron chi connectivity index (χ1n) is 11.2. The summed E-state index contributed by atoms with van der Waals surface area (Å²) in [5, 5.41) is 4.56. The Morgan fingerprint density at radius 3 is 2.38 bits per heavy atom. The van der Waals surface area contributed by atoms with Crippen LogP contribution in [0.2, 0.25) is 0 Å². The zero-order valence-electron chi connectivity index (χ0n) is 18.6. The third-order valence-corrected chi connectivity index (χ3v) is 6.76. The van der Waals surface area contributed by atoms with Crippen LogP contribution in [0.15, 0.2) is 4.99 Å². The second-order valence-electron chi connectivity index (χ2n) is 7.83. The summed E-state index contributed by atoms with van der Waals surface area (Å²) in [6, 6.07) is 0.484. The molecule has 0 saturated carbocycles. The predicted octanol–water partition coefficient (Wildman–Crippen LogP) is 1.21. The van der Waals surface area contributed by atoms with Crippen LogP contribution in [0.5, 0.6) is 0 Å². The van der Waals surface area contributed by atoms with E-state index in [-0.39, 0.29) is 0 Å². The first kappa shape index (κ1) is 22.2. The molecule has 1 atom stereocenters. The third-order valence-electron chi connectivity index (χ3n) is 5.94. The van der Waals surface area contributed by atoms with Gasteiger partial charge in [-0.15, -0.1) is 0 Å². The Hall–Kier alpha value is -1.45. The van der Waals surface area contributed by atoms with Crippen molar-refractivity contribution >= 4 is 22.6 Å². The lowest BCUT2D eigenvalue weighted by molar-refractivity contribution is 0.109. The highest BCUT2D eigenvalue weighted by Gasteiger charge is 2.23. The van der Waals surface area contributed by atoms with Crippen molar-refractivity contribution in [1.29, 1.82) is 0 Å². The average molecular weight is 423 g/mol. The van der Waals surface area contributed by atoms with E-state index in [1.165, 1.54) is 24.6 Å². The topological polar surface area (TPSA) is 63.1 Å². The normalized spacial score (nSPS) is 20.9. The molecule has 0 aliphatic carbocycles. The van der Waals surface area contributed by atoms with Gasteiger partial charge in [-0.3, -0.25) is 9.89 Å². The van der Waals surface area contributed by atoms with Crippen molar-refractivity contribution in [2.45, 2.75) is 40.2 Å². The van der Waals surface area contributed by atoms with E-state index < -0.39 is 0 Å². The van der Waals surface area contributed by atoms with Crippen LogP contribution in [-0.4, -0.2) is 108 Å². The molecule has 3 rings (SSSR count). The van der Waals surface area contributed by atoms with Crippen molar-refractivity contribution in [2.24, 2.45) is 4.99 Å². The molecule has 29 heavy (non-hydrogen) atoms. The number of piperazine rings is 2. The van der Waals surface area contributed by atoms with Gasteiger partial charge in [-0.25, -0.2) is 4.98 Å². The number of hydrogen-bond donors (Lipinski definition) is 1. The Bertz CT molecular complexity index is 632. The molecule has 9 heteroatoms. The van der Waals surface area contributed by atoms with Gasteiger partial charge in [-0.2, -0.15) is 4.37 Å². The van der Waals surface area contributed by atoms with Crippen LogP contribution in [0.1, 0.15) is 33.5 Å². The van der Waals surface area contributed by atoms with E-state index in [4.69, 9.17) is 4.99 Å². The average Bonchev–Trinajstić information content (AvgIpc) is 3.26. The zero-order chi connectivity index (χ0) is 20.6. The SMILES string of the molecule is CCNC(=NCC(C)N1CCN(CC)CC1)N1CCN(c2nc(CC)ns2)CC1. The summed E-state index contributed by atoms with van der Waals surface area (Å²) in [4.78, 5) is 19.5. The minimum absolute atomic E-state index is 0.484. The molecule has 0 amide bonds. The summed E-state index contributed by atoms with van der Waals surface area (Å²) < 4.78 is 4.43. The molecule has 0 spiro atoms. The molecule has 2 aliphatic rings. The lowest BCUT2D eigenvalue weighted by atomic mass is 10.2. The molecule has 8 nitrogen and oxygen atoms in total. The van der Waals surface area contributed by atoms with Gasteiger partial charge in [0.05, 0.1) is 6.54 Å². The van der Waals surface area contributed by atoms with Crippen molar-refractivity contribution in [3.63, 3.8) is 0 Å². The molecular weight excluding hydrogens is 384 g/mol. The second kappa shape index (κ2) is 11.1. The number of aromatic nitrogens is 2. The van der Waals surface area contributed by atoms with Gasteiger partial charge in [-0.05, 0) is 20.4 Å². The maximum Gasteiger partial charge on any atom is 0.205 e. The zero-order valence-corrected chi connectivity index (χ0v) is 19.4. The molecule has 2 aliphatic heterocycles. The molecule has 1 N–H and O–H groups in total. The van der Waals surface area contributed by atoms with Gasteiger partial charge in [0.2, 0.25) is 5.13 Å². The molecule has 0 aromatic carbocycles. The number of likely N-dealkylation sites (N-methyl/N-ethyl adjacent to an activating group) is 1. The van der Waals surface area contributed by atoms with Gasteiger partial charge >= 0.3 is 0 Å². The number of guanidine groups is 1. The highest BCUT2D eigenvalue weighted by atomic mass is 32.1. The maximum absolute atomic E-state index is 5.00. The number of aliphatic imine (C=N–C) groups is 1. The van der Waals surface area contributed by atoms with Crippen molar-refractivity contribution < 1.29 is 0 Å². The van der Waals surface area contributed by atoms with Crippen LogP contribution < -0.4 is 10.2 Å². The fourth-order valence-corrected chi connectivity index (χ4v) is 4.71. The van der Waals surface area contributed by atoms with E-state index in [2.05, 4.69) is 62.0 Å². The Morgan fingerprint density at radius 2 is 1.79 bits per heavy atom. The summed E-state index contributed by atoms with van der Waals surface area (Å²) in [7, 11) is 0. The van der Waals surface area contributed by atoms with E-state index in [1.807, 2.05) is 0 Å². The molecule has 0 radical (unpaired) electrons. The van der Waals surface area contributed by atoms with Gasteiger partial charge in [0.15, 0.2) is 5.96 Å². The monoisotopic (exact) mass is 422 g/mol. The van der Waals surface area contributed by atoms with Gasteiger partial charge in [0.25, 0.3) is 0 Å². The molecule has 1 aromatic rings. The van der Waals surface area contributed by atoms with Crippen molar-refractivity contribution in [3.8, 4) is 0 Å². The Kier molecular flexibility index (Phi) is 8.50. The summed E-state index contributed by atoms with van der Waals surface area (Å²) in [5.74, 6) is 2.01. The van der Waals surface area contributed by atoms with Crippen LogP contribution in [0.4, 0.5) is 5.13 Å². The summed E-state index contributed by atoms with van der Waals surface area (Å²) in [5.41, 5.74) is 0. The van der Waals surface area contributed by atoms with Crippen molar-refractivity contribution in [3.05, 3.63) is 5.82 Å². The lowest BCUT2D eigenvalue weighted by Crippen LogP contribution is -2.53. The lowest BCUT2D eigenvalue weighted by Gasteiger charge is -2.38. The van der Waals surface area contributed by atoms with E-state index in [1.54, 1.807) is 0 Å². The molecule has 1 aromatic heterocycles. The molecule has 0 bridgehead atoms. The first-order chi connectivity index (χ1) is 14.1. The smallest absolute Gasteiger partial charge is 0.205 e. The molecule has 2 saturated heterocycles. The molecule has 164 valence electrons. The molecule has 1 unspecified atom stereocenters. The van der Waals surface area contributed by atoms with Crippen LogP contribution >= 0.6 is 11.5 Å². The van der Waals surface area contributed by atoms with E-state index >= 15 is 0 Å².